The second kappa shape index (κ2) is 6.55. The topological polar surface area (TPSA) is 88.3 Å². The van der Waals surface area contributed by atoms with E-state index in [0.29, 0.717) is 0 Å². The van der Waals surface area contributed by atoms with Crippen LogP contribution in [0.5, 0.6) is 0 Å². The molecule has 2 aromatic rings. The molecule has 0 saturated carbocycles. The smallest absolute Gasteiger partial charge is 0.287 e. The summed E-state index contributed by atoms with van der Waals surface area (Å²) in [5.41, 5.74) is 0.917. The molecule has 1 fully saturated rings. The van der Waals surface area contributed by atoms with Crippen LogP contribution in [0.25, 0.3) is 0 Å². The highest BCUT2D eigenvalue weighted by Crippen LogP contribution is 2.19. The lowest BCUT2D eigenvalue weighted by Crippen LogP contribution is -2.31. The molecule has 0 unspecified atom stereocenters. The number of nitrogens with zero attached hydrogens (tertiary/aromatic N) is 6. The van der Waals surface area contributed by atoms with Gasteiger partial charge in [0.2, 0.25) is 0 Å². The van der Waals surface area contributed by atoms with E-state index in [1.54, 1.807) is 6.07 Å². The number of anilines is 2. The Bertz CT molecular complexity index is 673. The Morgan fingerprint density at radius 2 is 1.70 bits per heavy atom. The van der Waals surface area contributed by atoms with Crippen LogP contribution in [0.15, 0.2) is 30.5 Å². The summed E-state index contributed by atoms with van der Waals surface area (Å²) >= 11 is 0. The van der Waals surface area contributed by atoms with Crippen molar-refractivity contribution in [3.63, 3.8) is 0 Å². The van der Waals surface area contributed by atoms with Crippen molar-refractivity contribution >= 4 is 17.3 Å². The van der Waals surface area contributed by atoms with Crippen LogP contribution >= 0.6 is 0 Å². The second-order valence-corrected chi connectivity index (χ2v) is 5.49. The van der Waals surface area contributed by atoms with Crippen LogP contribution in [-0.2, 0) is 0 Å². The molecule has 0 aromatic carbocycles. The largest absolute Gasteiger partial charge is 0.355 e. The number of pyridine rings is 1. The van der Waals surface area contributed by atoms with E-state index in [0.717, 1.165) is 49.9 Å². The predicted octanol–water partition coefficient (Wildman–Crippen LogP) is 1.80. The summed E-state index contributed by atoms with van der Waals surface area (Å²) in [6.07, 6.45) is 2.28. The summed E-state index contributed by atoms with van der Waals surface area (Å²) in [6.45, 7) is 5.29. The number of rotatable bonds is 3. The molecule has 120 valence electrons. The first-order chi connectivity index (χ1) is 11.1. The minimum absolute atomic E-state index is 0.0140. The van der Waals surface area contributed by atoms with Crippen LogP contribution in [0.1, 0.15) is 12.1 Å². The molecule has 1 saturated heterocycles. The lowest BCUT2D eigenvalue weighted by molar-refractivity contribution is -0.385. The third-order valence-corrected chi connectivity index (χ3v) is 3.87. The summed E-state index contributed by atoms with van der Waals surface area (Å²) in [6, 6.07) is 7.15. The van der Waals surface area contributed by atoms with Gasteiger partial charge in [0.25, 0.3) is 5.69 Å². The highest BCUT2D eigenvalue weighted by Gasteiger charge is 2.18. The van der Waals surface area contributed by atoms with Gasteiger partial charge in [-0.15, -0.1) is 5.10 Å². The second-order valence-electron chi connectivity index (χ2n) is 5.49. The van der Waals surface area contributed by atoms with Gasteiger partial charge in [-0.3, -0.25) is 10.1 Å². The molecule has 0 aliphatic carbocycles. The minimum atomic E-state index is -0.434. The molecule has 0 N–H and O–H groups in total. The first kappa shape index (κ1) is 15.1. The van der Waals surface area contributed by atoms with E-state index < -0.39 is 4.92 Å². The number of aromatic nitrogens is 3. The van der Waals surface area contributed by atoms with Crippen molar-refractivity contribution in [3.05, 3.63) is 46.3 Å². The van der Waals surface area contributed by atoms with Crippen molar-refractivity contribution in [1.82, 2.24) is 15.2 Å². The molecule has 23 heavy (non-hydrogen) atoms. The molecule has 3 rings (SSSR count). The zero-order valence-electron chi connectivity index (χ0n) is 12.9. The summed E-state index contributed by atoms with van der Waals surface area (Å²) in [5, 5.41) is 19.0. The number of hydrogen-bond acceptors (Lipinski definition) is 7. The monoisotopic (exact) mass is 314 g/mol. The molecule has 1 aliphatic heterocycles. The Labute approximate surface area is 133 Å². The van der Waals surface area contributed by atoms with Gasteiger partial charge in [-0.2, -0.15) is 5.10 Å². The molecular weight excluding hydrogens is 296 g/mol. The number of hydrogen-bond donors (Lipinski definition) is 0. The summed E-state index contributed by atoms with van der Waals surface area (Å²) in [4.78, 5) is 18.8. The maximum Gasteiger partial charge on any atom is 0.287 e. The predicted molar refractivity (Wildman–Crippen MR) is 86.7 cm³/mol. The Morgan fingerprint density at radius 3 is 2.26 bits per heavy atom. The fourth-order valence-corrected chi connectivity index (χ4v) is 2.61. The van der Waals surface area contributed by atoms with Gasteiger partial charge in [0.15, 0.2) is 5.82 Å². The Kier molecular flexibility index (Phi) is 4.31. The number of aryl methyl sites for hydroxylation is 1. The maximum atomic E-state index is 10.7. The van der Waals surface area contributed by atoms with Gasteiger partial charge in [-0.05, 0) is 31.5 Å². The zero-order valence-corrected chi connectivity index (χ0v) is 12.9. The zero-order chi connectivity index (χ0) is 16.2. The van der Waals surface area contributed by atoms with Crippen molar-refractivity contribution in [3.8, 4) is 0 Å². The molecule has 3 heterocycles. The standard InChI is InChI=1S/C15H18N6O2/c1-12-3-5-15(18-17-12)20-8-2-7-19(9-10-20)14-6-4-13(11-16-14)21(22)23/h3-6,11H,2,7-10H2,1H3. The van der Waals surface area contributed by atoms with E-state index in [9.17, 15) is 10.1 Å². The molecule has 0 radical (unpaired) electrons. The van der Waals surface area contributed by atoms with E-state index in [1.165, 1.54) is 12.3 Å². The van der Waals surface area contributed by atoms with Gasteiger partial charge in [-0.25, -0.2) is 4.98 Å². The quantitative estimate of drug-likeness (QED) is 0.630. The lowest BCUT2D eigenvalue weighted by atomic mass is 10.3. The molecule has 0 spiro atoms. The fraction of sp³-hybridized carbons (Fsp3) is 0.400. The van der Waals surface area contributed by atoms with Crippen LogP contribution in [0.2, 0.25) is 0 Å². The van der Waals surface area contributed by atoms with Crippen LogP contribution in [0, 0.1) is 17.0 Å². The van der Waals surface area contributed by atoms with Crippen LogP contribution in [-0.4, -0.2) is 46.3 Å². The minimum Gasteiger partial charge on any atom is -0.355 e. The third-order valence-electron chi connectivity index (χ3n) is 3.87. The molecule has 8 heteroatoms. The van der Waals surface area contributed by atoms with Crippen molar-refractivity contribution in [2.24, 2.45) is 0 Å². The molecule has 1 aliphatic rings. The van der Waals surface area contributed by atoms with Crippen LogP contribution in [0.4, 0.5) is 17.3 Å². The van der Waals surface area contributed by atoms with E-state index in [-0.39, 0.29) is 5.69 Å². The summed E-state index contributed by atoms with van der Waals surface area (Å²) in [7, 11) is 0. The summed E-state index contributed by atoms with van der Waals surface area (Å²) in [5.74, 6) is 1.65. The van der Waals surface area contributed by atoms with Crippen molar-refractivity contribution < 1.29 is 4.92 Å². The first-order valence-electron chi connectivity index (χ1n) is 7.54. The van der Waals surface area contributed by atoms with E-state index in [1.807, 2.05) is 19.1 Å². The SMILES string of the molecule is Cc1ccc(N2CCCN(c3ccc([N+](=O)[O-])cn3)CC2)nn1. The highest BCUT2D eigenvalue weighted by atomic mass is 16.6. The lowest BCUT2D eigenvalue weighted by Gasteiger charge is -2.23. The highest BCUT2D eigenvalue weighted by molar-refractivity contribution is 5.45. The molecule has 2 aromatic heterocycles. The van der Waals surface area contributed by atoms with E-state index in [4.69, 9.17) is 0 Å². The van der Waals surface area contributed by atoms with E-state index >= 15 is 0 Å². The normalized spacial score (nSPS) is 15.3. The van der Waals surface area contributed by atoms with Crippen molar-refractivity contribution in [1.29, 1.82) is 0 Å². The first-order valence-corrected chi connectivity index (χ1v) is 7.54. The van der Waals surface area contributed by atoms with Crippen molar-refractivity contribution in [2.75, 3.05) is 36.0 Å². The molecular formula is C15H18N6O2. The van der Waals surface area contributed by atoms with Gasteiger partial charge >= 0.3 is 0 Å². The molecule has 0 atom stereocenters. The molecule has 0 bridgehead atoms. The van der Waals surface area contributed by atoms with Crippen LogP contribution in [0.3, 0.4) is 0 Å². The van der Waals surface area contributed by atoms with Crippen LogP contribution < -0.4 is 9.80 Å². The van der Waals surface area contributed by atoms with Gasteiger partial charge in [0.1, 0.15) is 12.0 Å². The van der Waals surface area contributed by atoms with Gasteiger partial charge < -0.3 is 9.80 Å². The third kappa shape index (κ3) is 3.53. The average Bonchev–Trinajstić information content (AvgIpc) is 2.82. The van der Waals surface area contributed by atoms with Gasteiger partial charge in [0.05, 0.1) is 10.6 Å². The molecule has 0 amide bonds. The molecule has 8 nitrogen and oxygen atoms in total. The fourth-order valence-electron chi connectivity index (χ4n) is 2.61. The van der Waals surface area contributed by atoms with Gasteiger partial charge in [-0.1, -0.05) is 0 Å². The van der Waals surface area contributed by atoms with E-state index in [2.05, 4.69) is 25.0 Å². The summed E-state index contributed by atoms with van der Waals surface area (Å²) < 4.78 is 0. The Morgan fingerprint density at radius 1 is 1.00 bits per heavy atom. The Hall–Kier alpha value is -2.77. The van der Waals surface area contributed by atoms with Crippen molar-refractivity contribution in [2.45, 2.75) is 13.3 Å². The maximum absolute atomic E-state index is 10.7. The van der Waals surface area contributed by atoms with Gasteiger partial charge in [0, 0.05) is 32.2 Å². The average molecular weight is 314 g/mol. The Balaban J connectivity index is 1.68. The number of nitro groups is 1.